The molecule has 4 atom stereocenters. The van der Waals surface area contributed by atoms with Gasteiger partial charge in [0, 0.05) is 11.1 Å². The maximum atomic E-state index is 12.9. The summed E-state index contributed by atoms with van der Waals surface area (Å²) in [6, 6.07) is 21.2. The van der Waals surface area contributed by atoms with Crippen molar-refractivity contribution in [2.75, 3.05) is 55.9 Å². The average Bonchev–Trinajstić information content (AvgIpc) is 3.47. The van der Waals surface area contributed by atoms with Crippen molar-refractivity contribution < 1.29 is 52.2 Å². The van der Waals surface area contributed by atoms with Crippen molar-refractivity contribution in [3.8, 4) is 46.0 Å². The molecular weight excluding hydrogens is 656 g/mol. The van der Waals surface area contributed by atoms with Gasteiger partial charge >= 0.3 is 0 Å². The van der Waals surface area contributed by atoms with Gasteiger partial charge in [-0.15, -0.1) is 0 Å². The van der Waals surface area contributed by atoms with E-state index in [1.807, 2.05) is 24.3 Å². The molecule has 1 aliphatic heterocycles. The molecule has 11 nitrogen and oxygen atoms in total. The number of ether oxygens (including phenoxy) is 9. The maximum absolute atomic E-state index is 12.9. The van der Waals surface area contributed by atoms with Crippen LogP contribution < -0.4 is 37.9 Å². The highest BCUT2D eigenvalue weighted by atomic mass is 16.5. The first-order chi connectivity index (χ1) is 24.6. The summed E-state index contributed by atoms with van der Waals surface area (Å²) in [6.07, 6.45) is -0.468. The molecule has 1 unspecified atom stereocenters. The molecule has 0 aromatic heterocycles. The van der Waals surface area contributed by atoms with Crippen LogP contribution in [0.25, 0.3) is 0 Å². The number of hydrogen-bond acceptors (Lipinski definition) is 11. The van der Waals surface area contributed by atoms with Crippen molar-refractivity contribution in [3.05, 3.63) is 95.1 Å². The van der Waals surface area contributed by atoms with Gasteiger partial charge in [0.1, 0.15) is 0 Å². The van der Waals surface area contributed by atoms with Gasteiger partial charge in [-0.2, -0.15) is 0 Å². The van der Waals surface area contributed by atoms with E-state index in [2.05, 4.69) is 13.8 Å². The summed E-state index contributed by atoms with van der Waals surface area (Å²) in [5.74, 6) is 3.72. The van der Waals surface area contributed by atoms with Crippen molar-refractivity contribution in [2.24, 2.45) is 11.8 Å². The highest BCUT2D eigenvalue weighted by Gasteiger charge is 2.41. The fourth-order valence-corrected chi connectivity index (χ4v) is 6.15. The molecule has 1 saturated heterocycles. The smallest absolute Gasteiger partial charge is 0.200 e. The molecule has 1 fully saturated rings. The fraction of sp³-hybridized carbons (Fsp3) is 0.350. The Bertz CT molecular complexity index is 1720. The van der Waals surface area contributed by atoms with Crippen LogP contribution in [0.2, 0.25) is 0 Å². The number of hydrogen-bond donors (Lipinski definition) is 0. The maximum Gasteiger partial charge on any atom is 0.200 e. The van der Waals surface area contributed by atoms with Crippen molar-refractivity contribution in [1.29, 1.82) is 0 Å². The molecule has 0 spiro atoms. The zero-order valence-electron chi connectivity index (χ0n) is 30.1. The second kappa shape index (κ2) is 16.5. The lowest BCUT2D eigenvalue weighted by atomic mass is 9.85. The van der Waals surface area contributed by atoms with Crippen LogP contribution in [0.1, 0.15) is 57.9 Å². The SMILES string of the molecule is COc1ccc(C(=O)COc2ccc(C3O[C@H](c4ccc(OCC(=O)c5ccc(OC)c(OC)c5)c(OC)c4)[C@H](C)[C@H]3C)cc2OC)cc1OC. The van der Waals surface area contributed by atoms with E-state index in [0.717, 1.165) is 11.1 Å². The lowest BCUT2D eigenvalue weighted by Gasteiger charge is -2.19. The Balaban J connectivity index is 1.25. The minimum atomic E-state index is -0.234. The summed E-state index contributed by atoms with van der Waals surface area (Å²) in [5, 5.41) is 0. The third-order valence-electron chi connectivity index (χ3n) is 9.24. The van der Waals surface area contributed by atoms with Gasteiger partial charge in [-0.3, -0.25) is 9.59 Å². The van der Waals surface area contributed by atoms with E-state index >= 15 is 0 Å². The predicted molar refractivity (Wildman–Crippen MR) is 190 cm³/mol. The Kier molecular flexibility index (Phi) is 11.9. The van der Waals surface area contributed by atoms with Crippen LogP contribution in [0.4, 0.5) is 0 Å². The van der Waals surface area contributed by atoms with Gasteiger partial charge in [0.2, 0.25) is 0 Å². The van der Waals surface area contributed by atoms with Crippen molar-refractivity contribution in [2.45, 2.75) is 26.1 Å². The van der Waals surface area contributed by atoms with Crippen molar-refractivity contribution in [1.82, 2.24) is 0 Å². The number of rotatable bonds is 16. The summed E-state index contributed by atoms with van der Waals surface area (Å²) in [4.78, 5) is 25.8. The molecule has 1 aliphatic rings. The summed E-state index contributed by atoms with van der Waals surface area (Å²) < 4.78 is 51.0. The minimum Gasteiger partial charge on any atom is -0.493 e. The lowest BCUT2D eigenvalue weighted by molar-refractivity contribution is 0.0287. The second-order valence-electron chi connectivity index (χ2n) is 12.1. The van der Waals surface area contributed by atoms with Crippen molar-refractivity contribution in [3.63, 3.8) is 0 Å². The first-order valence-corrected chi connectivity index (χ1v) is 16.4. The molecule has 0 N–H and O–H groups in total. The molecule has 0 saturated carbocycles. The zero-order valence-corrected chi connectivity index (χ0v) is 30.1. The van der Waals surface area contributed by atoms with Gasteiger partial charge in [0.15, 0.2) is 70.8 Å². The summed E-state index contributed by atoms with van der Waals surface area (Å²) in [7, 11) is 9.23. The van der Waals surface area contributed by atoms with E-state index < -0.39 is 0 Å². The Morgan fingerprint density at radius 3 is 1.16 bits per heavy atom. The second-order valence-corrected chi connectivity index (χ2v) is 12.1. The molecule has 0 radical (unpaired) electrons. The minimum absolute atomic E-state index is 0.152. The molecule has 0 aliphatic carbocycles. The third kappa shape index (κ3) is 7.99. The standard InChI is InChI=1S/C40H44O11/c1-23-24(2)40(28-12-16-34(38(20-28)48-8)50-22-30(42)26-10-14-32(44-4)36(18-26)46-6)51-39(23)27-11-15-33(37(19-27)47-7)49-21-29(41)25-9-13-31(43-3)35(17-25)45-5/h9-20,23-24,39-40H,21-22H2,1-8H3/t23-,24-,39+,40?/m1/s1. The molecule has 51 heavy (non-hydrogen) atoms. The van der Waals surface area contributed by atoms with Crippen molar-refractivity contribution >= 4 is 11.6 Å². The topological polar surface area (TPSA) is 117 Å². The molecule has 0 amide bonds. The van der Waals surface area contributed by atoms with Gasteiger partial charge in [-0.1, -0.05) is 26.0 Å². The van der Waals surface area contributed by atoms with E-state index in [9.17, 15) is 9.59 Å². The predicted octanol–water partition coefficient (Wildman–Crippen LogP) is 7.35. The molecule has 4 aromatic rings. The molecule has 4 aromatic carbocycles. The van der Waals surface area contributed by atoms with Crippen LogP contribution in [-0.4, -0.2) is 67.4 Å². The van der Waals surface area contributed by atoms with Crippen LogP contribution in [0, 0.1) is 11.8 Å². The first-order valence-electron chi connectivity index (χ1n) is 16.4. The Morgan fingerprint density at radius 2 is 0.804 bits per heavy atom. The number of benzene rings is 4. The van der Waals surface area contributed by atoms with Crippen LogP contribution in [0.15, 0.2) is 72.8 Å². The number of methoxy groups -OCH3 is 6. The van der Waals surface area contributed by atoms with Gasteiger partial charge < -0.3 is 42.6 Å². The Hall–Kier alpha value is -5.42. The van der Waals surface area contributed by atoms with Crippen LogP contribution in [0.3, 0.4) is 0 Å². The Labute approximate surface area is 298 Å². The summed E-state index contributed by atoms with van der Waals surface area (Å²) >= 11 is 0. The van der Waals surface area contributed by atoms with Crippen LogP contribution in [-0.2, 0) is 4.74 Å². The summed E-state index contributed by atoms with van der Waals surface area (Å²) in [5.41, 5.74) is 2.73. The molecule has 270 valence electrons. The number of carbonyl (C=O) groups is 2. The van der Waals surface area contributed by atoms with Crippen LogP contribution >= 0.6 is 0 Å². The largest absolute Gasteiger partial charge is 0.493 e. The lowest BCUT2D eigenvalue weighted by Crippen LogP contribution is -2.13. The Morgan fingerprint density at radius 1 is 0.471 bits per heavy atom. The fourth-order valence-electron chi connectivity index (χ4n) is 6.15. The van der Waals surface area contributed by atoms with E-state index in [4.69, 9.17) is 42.6 Å². The quantitative estimate of drug-likeness (QED) is 0.109. The number of carbonyl (C=O) groups excluding carboxylic acids is 2. The van der Waals surface area contributed by atoms with E-state index in [0.29, 0.717) is 57.1 Å². The molecule has 1 heterocycles. The molecular formula is C40H44O11. The van der Waals surface area contributed by atoms with E-state index in [-0.39, 0.29) is 48.8 Å². The van der Waals surface area contributed by atoms with Gasteiger partial charge in [-0.05, 0) is 83.6 Å². The monoisotopic (exact) mass is 700 g/mol. The highest BCUT2D eigenvalue weighted by Crippen LogP contribution is 2.50. The van der Waals surface area contributed by atoms with E-state index in [1.165, 1.54) is 28.4 Å². The number of Topliss-reactive ketones (excluding diaryl/α,β-unsaturated/α-hetero) is 2. The highest BCUT2D eigenvalue weighted by molar-refractivity contribution is 5.98. The normalized spacial score (nSPS) is 18.0. The van der Waals surface area contributed by atoms with E-state index in [1.54, 1.807) is 62.8 Å². The third-order valence-corrected chi connectivity index (χ3v) is 9.24. The first kappa shape index (κ1) is 36.9. The zero-order chi connectivity index (χ0) is 36.7. The average molecular weight is 701 g/mol. The molecule has 11 heteroatoms. The van der Waals surface area contributed by atoms with Gasteiger partial charge in [-0.25, -0.2) is 0 Å². The van der Waals surface area contributed by atoms with Crippen LogP contribution in [0.5, 0.6) is 46.0 Å². The molecule has 5 rings (SSSR count). The van der Waals surface area contributed by atoms with Gasteiger partial charge in [0.25, 0.3) is 0 Å². The van der Waals surface area contributed by atoms with Gasteiger partial charge in [0.05, 0.1) is 54.9 Å². The summed E-state index contributed by atoms with van der Waals surface area (Å²) in [6.45, 7) is 3.93. The molecule has 0 bridgehead atoms. The number of ketones is 2.